The molecule has 4 aromatic carbocycles. The number of carbonyl (C=O) groups is 2. The second-order valence-corrected chi connectivity index (χ2v) is 10.3. The molecule has 0 bridgehead atoms. The van der Waals surface area contributed by atoms with Crippen LogP contribution >= 0.6 is 23.4 Å². The fraction of sp³-hybridized carbons (Fsp3) is 0.0667. The Morgan fingerprint density at radius 2 is 1.59 bits per heavy atom. The van der Waals surface area contributed by atoms with Crippen molar-refractivity contribution in [2.24, 2.45) is 0 Å². The molecule has 0 spiro atoms. The number of thioether (sulfide) groups is 1. The second-order valence-electron chi connectivity index (χ2n) is 8.87. The second kappa shape index (κ2) is 9.54. The van der Waals surface area contributed by atoms with Gasteiger partial charge < -0.3 is 4.57 Å². The fourth-order valence-electron chi connectivity index (χ4n) is 4.73. The van der Waals surface area contributed by atoms with Crippen LogP contribution in [0.2, 0.25) is 5.02 Å². The molecule has 1 fully saturated rings. The third-order valence-electron chi connectivity index (χ3n) is 6.54. The number of benzene rings is 4. The molecule has 2 heterocycles. The van der Waals surface area contributed by atoms with Gasteiger partial charge in [-0.15, -0.1) is 0 Å². The standard InChI is InChI=1S/C30H20ClFN2O2S/c31-26-15-23(32)13-12-21(26)18-34-29(35)28(37-30(34)36)14-22-17-33(27-11-4-3-10-25(22)27)16-20-8-5-7-19-6-1-2-9-24(19)20/h1-15,17H,16,18H2/b28-14-. The van der Waals surface area contributed by atoms with Crippen molar-refractivity contribution in [3.05, 3.63) is 124 Å². The minimum absolute atomic E-state index is 0.00996. The van der Waals surface area contributed by atoms with Gasteiger partial charge in [-0.2, -0.15) is 0 Å². The van der Waals surface area contributed by atoms with Gasteiger partial charge in [0.05, 0.1) is 11.4 Å². The summed E-state index contributed by atoms with van der Waals surface area (Å²) in [6.07, 6.45) is 3.80. The molecule has 0 aliphatic carbocycles. The number of imide groups is 1. The highest BCUT2D eigenvalue weighted by Crippen LogP contribution is 2.36. The Kier molecular flexibility index (Phi) is 6.07. The smallest absolute Gasteiger partial charge is 0.293 e. The first-order valence-corrected chi connectivity index (χ1v) is 12.9. The topological polar surface area (TPSA) is 42.3 Å². The summed E-state index contributed by atoms with van der Waals surface area (Å²) in [5, 5.41) is 3.18. The number of rotatable bonds is 5. The van der Waals surface area contributed by atoms with Crippen molar-refractivity contribution in [2.45, 2.75) is 13.1 Å². The van der Waals surface area contributed by atoms with E-state index in [0.717, 1.165) is 33.1 Å². The first kappa shape index (κ1) is 23.5. The van der Waals surface area contributed by atoms with E-state index in [1.54, 1.807) is 6.08 Å². The van der Waals surface area contributed by atoms with Crippen LogP contribution in [0.4, 0.5) is 9.18 Å². The van der Waals surface area contributed by atoms with Gasteiger partial charge in [0.15, 0.2) is 0 Å². The van der Waals surface area contributed by atoms with E-state index in [0.29, 0.717) is 17.0 Å². The Morgan fingerprint density at radius 1 is 0.838 bits per heavy atom. The molecule has 4 nitrogen and oxygen atoms in total. The Bertz CT molecular complexity index is 1740. The van der Waals surface area contributed by atoms with E-state index in [9.17, 15) is 14.0 Å². The fourth-order valence-corrected chi connectivity index (χ4v) is 5.79. The Hall–Kier alpha value is -3.87. The van der Waals surface area contributed by atoms with Crippen LogP contribution in [-0.4, -0.2) is 20.6 Å². The van der Waals surface area contributed by atoms with Crippen LogP contribution in [0.1, 0.15) is 16.7 Å². The van der Waals surface area contributed by atoms with Gasteiger partial charge in [0.25, 0.3) is 11.1 Å². The molecule has 6 rings (SSSR count). The van der Waals surface area contributed by atoms with E-state index in [-0.39, 0.29) is 22.7 Å². The maximum Gasteiger partial charge on any atom is 0.293 e. The van der Waals surface area contributed by atoms with Crippen molar-refractivity contribution in [1.82, 2.24) is 9.47 Å². The van der Waals surface area contributed by atoms with Crippen LogP contribution in [0, 0.1) is 5.82 Å². The molecule has 2 amide bonds. The molecule has 0 atom stereocenters. The third-order valence-corrected chi connectivity index (χ3v) is 7.80. The molecule has 0 unspecified atom stereocenters. The third kappa shape index (κ3) is 4.43. The molecule has 37 heavy (non-hydrogen) atoms. The SMILES string of the molecule is O=C1S/C(=C\c2cn(Cc3cccc4ccccc34)c3ccccc23)C(=O)N1Cc1ccc(F)cc1Cl. The molecule has 1 aliphatic heterocycles. The number of hydrogen-bond acceptors (Lipinski definition) is 3. The molecule has 7 heteroatoms. The lowest BCUT2D eigenvalue weighted by Gasteiger charge is -2.13. The highest BCUT2D eigenvalue weighted by Gasteiger charge is 2.35. The predicted octanol–water partition coefficient (Wildman–Crippen LogP) is 7.87. The normalized spacial score (nSPS) is 15.0. The van der Waals surface area contributed by atoms with Crippen molar-refractivity contribution >= 4 is 62.3 Å². The van der Waals surface area contributed by atoms with Crippen LogP contribution < -0.4 is 0 Å². The summed E-state index contributed by atoms with van der Waals surface area (Å²) in [6, 6.07) is 26.6. The zero-order valence-electron chi connectivity index (χ0n) is 19.5. The van der Waals surface area contributed by atoms with Crippen molar-refractivity contribution in [1.29, 1.82) is 0 Å². The van der Waals surface area contributed by atoms with E-state index in [1.165, 1.54) is 34.5 Å². The molecular weight excluding hydrogens is 507 g/mol. The highest BCUT2D eigenvalue weighted by molar-refractivity contribution is 8.18. The zero-order valence-corrected chi connectivity index (χ0v) is 21.1. The Morgan fingerprint density at radius 3 is 2.43 bits per heavy atom. The molecule has 1 aliphatic rings. The Balaban J connectivity index is 1.34. The van der Waals surface area contributed by atoms with Crippen LogP contribution in [0.3, 0.4) is 0 Å². The molecule has 5 aromatic rings. The minimum Gasteiger partial charge on any atom is -0.342 e. The van der Waals surface area contributed by atoms with Crippen LogP contribution in [-0.2, 0) is 17.9 Å². The van der Waals surface area contributed by atoms with Crippen LogP contribution in [0.5, 0.6) is 0 Å². The van der Waals surface area contributed by atoms with Crippen LogP contribution in [0.15, 0.2) is 96.0 Å². The largest absolute Gasteiger partial charge is 0.342 e. The average molecular weight is 527 g/mol. The van der Waals surface area contributed by atoms with E-state index in [4.69, 9.17) is 11.6 Å². The average Bonchev–Trinajstić information content (AvgIpc) is 3.37. The predicted molar refractivity (Wildman–Crippen MR) is 148 cm³/mol. The molecule has 1 saturated heterocycles. The molecule has 0 N–H and O–H groups in total. The van der Waals surface area contributed by atoms with Gasteiger partial charge in [0, 0.05) is 34.2 Å². The number of hydrogen-bond donors (Lipinski definition) is 0. The van der Waals surface area contributed by atoms with E-state index in [1.807, 2.05) is 36.5 Å². The van der Waals surface area contributed by atoms with Crippen molar-refractivity contribution in [3.63, 3.8) is 0 Å². The minimum atomic E-state index is -0.470. The molecule has 0 saturated carbocycles. The van der Waals surface area contributed by atoms with Crippen LogP contribution in [0.25, 0.3) is 27.8 Å². The van der Waals surface area contributed by atoms with Crippen molar-refractivity contribution < 1.29 is 14.0 Å². The van der Waals surface area contributed by atoms with Crippen molar-refractivity contribution in [2.75, 3.05) is 0 Å². The number of nitrogens with zero attached hydrogens (tertiary/aromatic N) is 2. The summed E-state index contributed by atoms with van der Waals surface area (Å²) in [5.41, 5.74) is 3.61. The van der Waals surface area contributed by atoms with Gasteiger partial charge in [-0.3, -0.25) is 14.5 Å². The van der Waals surface area contributed by atoms with E-state index < -0.39 is 5.82 Å². The number of amides is 2. The zero-order chi connectivity index (χ0) is 25.5. The van der Waals surface area contributed by atoms with Crippen molar-refractivity contribution in [3.8, 4) is 0 Å². The highest BCUT2D eigenvalue weighted by atomic mass is 35.5. The number of carbonyl (C=O) groups excluding carboxylic acids is 2. The lowest BCUT2D eigenvalue weighted by molar-refractivity contribution is -0.123. The van der Waals surface area contributed by atoms with Gasteiger partial charge in [-0.25, -0.2) is 4.39 Å². The van der Waals surface area contributed by atoms with Gasteiger partial charge >= 0.3 is 0 Å². The maximum absolute atomic E-state index is 13.4. The van der Waals surface area contributed by atoms with Gasteiger partial charge in [-0.1, -0.05) is 78.3 Å². The van der Waals surface area contributed by atoms with E-state index in [2.05, 4.69) is 41.0 Å². The summed E-state index contributed by atoms with van der Waals surface area (Å²) >= 11 is 7.03. The number of halogens is 2. The maximum atomic E-state index is 13.4. The molecule has 1 aromatic heterocycles. The van der Waals surface area contributed by atoms with E-state index >= 15 is 0 Å². The number of aromatic nitrogens is 1. The Labute approximate surface area is 221 Å². The summed E-state index contributed by atoms with van der Waals surface area (Å²) in [5.74, 6) is -0.857. The first-order valence-electron chi connectivity index (χ1n) is 11.7. The quantitative estimate of drug-likeness (QED) is 0.219. The number of fused-ring (bicyclic) bond motifs is 2. The monoisotopic (exact) mass is 526 g/mol. The lowest BCUT2D eigenvalue weighted by atomic mass is 10.0. The van der Waals surface area contributed by atoms with Gasteiger partial charge in [0.2, 0.25) is 0 Å². The summed E-state index contributed by atoms with van der Waals surface area (Å²) in [7, 11) is 0. The molecule has 0 radical (unpaired) electrons. The molecule has 182 valence electrons. The number of para-hydroxylation sites is 1. The van der Waals surface area contributed by atoms with Gasteiger partial charge in [0.1, 0.15) is 5.82 Å². The summed E-state index contributed by atoms with van der Waals surface area (Å²) in [4.78, 5) is 27.4. The first-order chi connectivity index (χ1) is 18.0. The summed E-state index contributed by atoms with van der Waals surface area (Å²) in [6.45, 7) is 0.657. The van der Waals surface area contributed by atoms with Gasteiger partial charge in [-0.05, 0) is 57.9 Å². The summed E-state index contributed by atoms with van der Waals surface area (Å²) < 4.78 is 15.6. The lowest BCUT2D eigenvalue weighted by Crippen LogP contribution is -2.27. The molecular formula is C30H20ClFN2O2S.